The Labute approximate surface area is 258 Å². The van der Waals surface area contributed by atoms with Crippen molar-refractivity contribution in [2.24, 2.45) is 5.41 Å². The van der Waals surface area contributed by atoms with Gasteiger partial charge in [-0.2, -0.15) is 21.6 Å². The lowest BCUT2D eigenvalue weighted by Gasteiger charge is -2.31. The number of amides is 1. The van der Waals surface area contributed by atoms with E-state index in [0.717, 1.165) is 59.8 Å². The molecule has 45 heavy (non-hydrogen) atoms. The van der Waals surface area contributed by atoms with Crippen LogP contribution < -0.4 is 4.18 Å². The van der Waals surface area contributed by atoms with Crippen LogP contribution in [-0.2, 0) is 30.9 Å². The molecule has 240 valence electrons. The molecule has 1 aromatic heterocycles. The van der Waals surface area contributed by atoms with Crippen LogP contribution in [0.3, 0.4) is 0 Å². The molecule has 0 spiro atoms. The molecule has 0 bridgehead atoms. The van der Waals surface area contributed by atoms with Crippen LogP contribution in [0, 0.1) is 5.41 Å². The molecule has 3 aromatic rings. The van der Waals surface area contributed by atoms with E-state index in [9.17, 15) is 31.2 Å². The molecule has 1 saturated heterocycles. The lowest BCUT2D eigenvalue weighted by molar-refractivity contribution is -0.141. The van der Waals surface area contributed by atoms with E-state index in [1.807, 2.05) is 6.07 Å². The van der Waals surface area contributed by atoms with Crippen LogP contribution >= 0.6 is 0 Å². The Morgan fingerprint density at radius 1 is 1.02 bits per heavy atom. The van der Waals surface area contributed by atoms with E-state index >= 15 is 0 Å². The first-order valence-electron chi connectivity index (χ1n) is 15.2. The molecule has 0 N–H and O–H groups in total. The molecule has 7 rings (SSSR count). The van der Waals surface area contributed by atoms with E-state index in [4.69, 9.17) is 9.47 Å². The van der Waals surface area contributed by atoms with Gasteiger partial charge in [-0.1, -0.05) is 25.3 Å². The third-order valence-electron chi connectivity index (χ3n) is 9.92. The molecule has 2 aliphatic carbocycles. The van der Waals surface area contributed by atoms with Gasteiger partial charge in [-0.25, -0.2) is 4.79 Å². The molecule has 4 aliphatic rings. The van der Waals surface area contributed by atoms with Gasteiger partial charge in [0.2, 0.25) is 5.91 Å². The lowest BCUT2D eigenvalue weighted by Crippen LogP contribution is -2.45. The van der Waals surface area contributed by atoms with Gasteiger partial charge in [0.1, 0.15) is 5.75 Å². The topological polar surface area (TPSA) is 104 Å². The third kappa shape index (κ3) is 4.89. The predicted molar refractivity (Wildman–Crippen MR) is 157 cm³/mol. The molecule has 3 heterocycles. The van der Waals surface area contributed by atoms with Crippen LogP contribution in [0.4, 0.5) is 13.2 Å². The summed E-state index contributed by atoms with van der Waals surface area (Å²) in [4.78, 5) is 28.7. The lowest BCUT2D eigenvalue weighted by atomic mass is 9.81. The van der Waals surface area contributed by atoms with E-state index in [-0.39, 0.29) is 17.7 Å². The summed E-state index contributed by atoms with van der Waals surface area (Å²) in [5.41, 5.74) is -2.13. The Bertz CT molecular complexity index is 1810. The third-order valence-corrected chi connectivity index (χ3v) is 10.9. The molecule has 2 aromatic carbocycles. The van der Waals surface area contributed by atoms with Crippen LogP contribution in [0.1, 0.15) is 71.8 Å². The van der Waals surface area contributed by atoms with Crippen molar-refractivity contribution in [3.63, 3.8) is 0 Å². The van der Waals surface area contributed by atoms with Crippen molar-refractivity contribution in [2.75, 3.05) is 33.4 Å². The van der Waals surface area contributed by atoms with Crippen molar-refractivity contribution in [1.82, 2.24) is 9.47 Å². The number of fused-ring (bicyclic) bond motifs is 7. The Balaban J connectivity index is 1.46. The molecule has 2 atom stereocenters. The summed E-state index contributed by atoms with van der Waals surface area (Å²) in [6.45, 7) is 1.95. The van der Waals surface area contributed by atoms with Crippen molar-refractivity contribution < 1.29 is 44.8 Å². The molecular weight excluding hydrogens is 613 g/mol. The van der Waals surface area contributed by atoms with Gasteiger partial charge >= 0.3 is 21.6 Å². The first kappa shape index (κ1) is 30.1. The fourth-order valence-corrected chi connectivity index (χ4v) is 8.16. The SMILES string of the molecule is COC(=O)c1ccc2c(C3CCCCC3)c3n(c2c1)CC1(C(=O)N2CCOCC2)CC1c1cc(OS(=O)(=O)C(F)(F)F)ccc1-3. The fourth-order valence-electron chi connectivity index (χ4n) is 7.71. The summed E-state index contributed by atoms with van der Waals surface area (Å²) < 4.78 is 80.9. The number of halogens is 3. The largest absolute Gasteiger partial charge is 0.534 e. The van der Waals surface area contributed by atoms with Crippen LogP contribution in [0.2, 0.25) is 0 Å². The van der Waals surface area contributed by atoms with Crippen LogP contribution in [0.15, 0.2) is 36.4 Å². The number of morpholine rings is 1. The van der Waals surface area contributed by atoms with Crippen LogP contribution in [0.25, 0.3) is 22.2 Å². The predicted octanol–water partition coefficient (Wildman–Crippen LogP) is 5.72. The standard InChI is InChI=1S/C32H33F3N2O7S/c1-42-29(38)20-7-9-23-26(15-20)37-18-31(30(39)36-11-13-43-14-12-36)17-25(31)24-16-21(44-45(40,41)32(33,34)35)8-10-22(24)28(37)27(23)19-5-3-2-4-6-19/h7-10,15-16,19,25H,2-6,11-14,17-18H2,1H3. The quantitative estimate of drug-likeness (QED) is 0.199. The number of hydrogen-bond acceptors (Lipinski definition) is 7. The summed E-state index contributed by atoms with van der Waals surface area (Å²) in [7, 11) is -4.58. The van der Waals surface area contributed by atoms with Crippen molar-refractivity contribution in [2.45, 2.75) is 62.4 Å². The van der Waals surface area contributed by atoms with Crippen molar-refractivity contribution in [1.29, 1.82) is 0 Å². The molecule has 2 saturated carbocycles. The molecule has 3 fully saturated rings. The average molecular weight is 647 g/mol. The van der Waals surface area contributed by atoms with Crippen molar-refractivity contribution in [3.05, 3.63) is 53.1 Å². The number of rotatable bonds is 5. The first-order valence-corrected chi connectivity index (χ1v) is 16.6. The van der Waals surface area contributed by atoms with E-state index in [1.54, 1.807) is 23.1 Å². The molecule has 0 radical (unpaired) electrons. The van der Waals surface area contributed by atoms with Gasteiger partial charge in [-0.15, -0.1) is 0 Å². The summed E-state index contributed by atoms with van der Waals surface area (Å²) >= 11 is 0. The van der Waals surface area contributed by atoms with E-state index in [2.05, 4.69) is 8.75 Å². The Kier molecular flexibility index (Phi) is 7.19. The fraction of sp³-hybridized carbons (Fsp3) is 0.500. The van der Waals surface area contributed by atoms with Crippen molar-refractivity contribution >= 4 is 32.9 Å². The zero-order valence-electron chi connectivity index (χ0n) is 24.7. The van der Waals surface area contributed by atoms with Gasteiger partial charge in [0.15, 0.2) is 0 Å². The van der Waals surface area contributed by atoms with Crippen LogP contribution in [0.5, 0.6) is 5.75 Å². The summed E-state index contributed by atoms with van der Waals surface area (Å²) in [6.07, 6.45) is 5.56. The van der Waals surface area contributed by atoms with E-state index in [0.29, 0.717) is 50.4 Å². The second kappa shape index (κ2) is 10.8. The highest BCUT2D eigenvalue weighted by Gasteiger charge is 2.64. The zero-order valence-corrected chi connectivity index (χ0v) is 25.5. The summed E-state index contributed by atoms with van der Waals surface area (Å²) in [5.74, 6) is -1.21. The van der Waals surface area contributed by atoms with Crippen LogP contribution in [-0.4, -0.2) is 68.7 Å². The molecule has 1 amide bonds. The number of nitrogens with zero attached hydrogens (tertiary/aromatic N) is 2. The maximum absolute atomic E-state index is 14.3. The van der Waals surface area contributed by atoms with E-state index < -0.39 is 32.8 Å². The Morgan fingerprint density at radius 3 is 2.44 bits per heavy atom. The highest BCUT2D eigenvalue weighted by molar-refractivity contribution is 7.88. The van der Waals surface area contributed by atoms with Gasteiger partial charge in [0.25, 0.3) is 0 Å². The highest BCUT2D eigenvalue weighted by atomic mass is 32.2. The number of aromatic nitrogens is 1. The number of carbonyl (C=O) groups excluding carboxylic acids is 2. The zero-order chi connectivity index (χ0) is 31.7. The number of methoxy groups -OCH3 is 1. The smallest absolute Gasteiger partial charge is 0.465 e. The van der Waals surface area contributed by atoms with Gasteiger partial charge in [-0.05, 0) is 66.6 Å². The molecule has 2 aliphatic heterocycles. The van der Waals surface area contributed by atoms with Gasteiger partial charge < -0.3 is 23.1 Å². The molecule has 13 heteroatoms. The number of carbonyl (C=O) groups is 2. The number of esters is 1. The normalized spacial score (nSPS) is 23.5. The average Bonchev–Trinajstić information content (AvgIpc) is 3.70. The summed E-state index contributed by atoms with van der Waals surface area (Å²) in [6, 6.07) is 9.65. The molecular formula is C32H33F3N2O7S. The molecule has 9 nitrogen and oxygen atoms in total. The number of ether oxygens (including phenoxy) is 2. The maximum Gasteiger partial charge on any atom is 0.534 e. The summed E-state index contributed by atoms with van der Waals surface area (Å²) in [5, 5.41) is 0.948. The van der Waals surface area contributed by atoms with Gasteiger partial charge in [0.05, 0.1) is 37.0 Å². The highest BCUT2D eigenvalue weighted by Crippen LogP contribution is 2.66. The number of benzene rings is 2. The molecule has 2 unspecified atom stereocenters. The monoisotopic (exact) mass is 646 g/mol. The number of hydrogen-bond donors (Lipinski definition) is 0. The van der Waals surface area contributed by atoms with Gasteiger partial charge in [-0.3, -0.25) is 4.79 Å². The van der Waals surface area contributed by atoms with Crippen molar-refractivity contribution in [3.8, 4) is 17.0 Å². The minimum absolute atomic E-state index is 0.0750. The van der Waals surface area contributed by atoms with Gasteiger partial charge in [0, 0.05) is 42.0 Å². The Hall–Kier alpha value is -3.58. The second-order valence-electron chi connectivity index (χ2n) is 12.5. The first-order chi connectivity index (χ1) is 21.4. The second-order valence-corrected chi connectivity index (χ2v) is 14.0. The minimum Gasteiger partial charge on any atom is -0.465 e. The van der Waals surface area contributed by atoms with E-state index in [1.165, 1.54) is 19.2 Å². The maximum atomic E-state index is 14.3. The number of alkyl halides is 3. The minimum atomic E-state index is -5.90. The Morgan fingerprint density at radius 2 is 1.76 bits per heavy atom.